The van der Waals surface area contributed by atoms with Crippen LogP contribution in [0.25, 0.3) is 5.69 Å². The number of hydrogen-bond donors (Lipinski definition) is 1. The molecule has 2 atom stereocenters. The number of aryl methyl sites for hydroxylation is 2. The number of carbonyl (C=O) groups is 1. The van der Waals surface area contributed by atoms with E-state index in [2.05, 4.69) is 70.9 Å². The predicted molar refractivity (Wildman–Crippen MR) is 138 cm³/mol. The monoisotopic (exact) mass is 476 g/mol. The molecule has 0 radical (unpaired) electrons. The van der Waals surface area contributed by atoms with Crippen LogP contribution < -0.4 is 5.32 Å². The molecule has 0 amide bonds. The van der Waals surface area contributed by atoms with E-state index in [-0.39, 0.29) is 18.1 Å². The molecule has 4 rings (SSSR count). The highest BCUT2D eigenvalue weighted by atomic mass is 32.1. The Labute approximate surface area is 207 Å². The van der Waals surface area contributed by atoms with Crippen LogP contribution in [0.4, 0.5) is 0 Å². The summed E-state index contributed by atoms with van der Waals surface area (Å²) >= 11 is 5.77. The van der Waals surface area contributed by atoms with Crippen LogP contribution in [0.1, 0.15) is 60.1 Å². The van der Waals surface area contributed by atoms with Gasteiger partial charge in [0.05, 0.1) is 24.9 Å². The Morgan fingerprint density at radius 1 is 1.18 bits per heavy atom. The maximum Gasteiger partial charge on any atom is 0.305 e. The lowest BCUT2D eigenvalue weighted by Crippen LogP contribution is -2.31. The minimum absolute atomic E-state index is 0.0325. The minimum atomic E-state index is -0.204. The van der Waals surface area contributed by atoms with Gasteiger partial charge in [0.2, 0.25) is 0 Å². The van der Waals surface area contributed by atoms with E-state index in [4.69, 9.17) is 17.0 Å². The third-order valence-electron chi connectivity index (χ3n) is 6.60. The SMILES string of the molecule is CCc1ccc(-n2c(C)cc([C@@H]3[C@@H](c4ccccn4)NC(=S)N3CCCC(=O)OC)c2C)cc1. The molecule has 2 aromatic heterocycles. The summed E-state index contributed by atoms with van der Waals surface area (Å²) in [5.41, 5.74) is 6.98. The first-order chi connectivity index (χ1) is 16.4. The number of ether oxygens (including phenoxy) is 1. The first-order valence-electron chi connectivity index (χ1n) is 11.8. The maximum atomic E-state index is 11.7. The van der Waals surface area contributed by atoms with E-state index in [0.717, 1.165) is 17.8 Å². The normalized spacial score (nSPS) is 17.6. The Morgan fingerprint density at radius 3 is 2.59 bits per heavy atom. The van der Waals surface area contributed by atoms with E-state index in [1.807, 2.05) is 24.4 Å². The molecular formula is C27H32N4O2S. The molecule has 1 aliphatic rings. The van der Waals surface area contributed by atoms with E-state index in [9.17, 15) is 4.79 Å². The largest absolute Gasteiger partial charge is 0.469 e. The van der Waals surface area contributed by atoms with Gasteiger partial charge in [-0.1, -0.05) is 25.1 Å². The molecule has 1 saturated heterocycles. The Balaban J connectivity index is 1.73. The van der Waals surface area contributed by atoms with Crippen molar-refractivity contribution in [1.82, 2.24) is 19.8 Å². The van der Waals surface area contributed by atoms with Crippen molar-refractivity contribution in [3.8, 4) is 5.69 Å². The molecule has 0 saturated carbocycles. The van der Waals surface area contributed by atoms with Gasteiger partial charge in [-0.05, 0) is 80.4 Å². The summed E-state index contributed by atoms with van der Waals surface area (Å²) in [5.74, 6) is -0.204. The van der Waals surface area contributed by atoms with Crippen LogP contribution in [0.5, 0.6) is 0 Å². The molecule has 1 fully saturated rings. The molecule has 0 unspecified atom stereocenters. The number of benzene rings is 1. The van der Waals surface area contributed by atoms with Crippen molar-refractivity contribution in [2.24, 2.45) is 0 Å². The number of hydrogen-bond acceptors (Lipinski definition) is 4. The molecule has 1 N–H and O–H groups in total. The Morgan fingerprint density at radius 2 is 1.94 bits per heavy atom. The van der Waals surface area contributed by atoms with E-state index in [1.165, 1.54) is 29.6 Å². The quantitative estimate of drug-likeness (QED) is 0.366. The Kier molecular flexibility index (Phi) is 7.32. The van der Waals surface area contributed by atoms with Crippen molar-refractivity contribution in [3.05, 3.63) is 82.9 Å². The fraction of sp³-hybridized carbons (Fsp3) is 0.370. The number of esters is 1. The molecule has 6 nitrogen and oxygen atoms in total. The van der Waals surface area contributed by atoms with Crippen molar-refractivity contribution < 1.29 is 9.53 Å². The second-order valence-corrected chi connectivity index (χ2v) is 9.07. The van der Waals surface area contributed by atoms with Gasteiger partial charge in [0.1, 0.15) is 0 Å². The van der Waals surface area contributed by atoms with Crippen LogP contribution in [0.3, 0.4) is 0 Å². The lowest BCUT2D eigenvalue weighted by molar-refractivity contribution is -0.140. The number of carbonyl (C=O) groups excluding carboxylic acids is 1. The topological polar surface area (TPSA) is 59.4 Å². The highest BCUT2D eigenvalue weighted by Gasteiger charge is 2.41. The summed E-state index contributed by atoms with van der Waals surface area (Å²) < 4.78 is 7.13. The highest BCUT2D eigenvalue weighted by Crippen LogP contribution is 2.41. The molecule has 3 heterocycles. The fourth-order valence-electron chi connectivity index (χ4n) is 4.85. The molecule has 178 valence electrons. The summed E-state index contributed by atoms with van der Waals surface area (Å²) in [6.45, 7) is 7.13. The van der Waals surface area contributed by atoms with Gasteiger partial charge >= 0.3 is 5.97 Å². The van der Waals surface area contributed by atoms with Crippen LogP contribution in [0, 0.1) is 13.8 Å². The molecule has 0 aliphatic carbocycles. The second-order valence-electron chi connectivity index (χ2n) is 8.68. The summed E-state index contributed by atoms with van der Waals surface area (Å²) in [7, 11) is 1.42. The average molecular weight is 477 g/mol. The zero-order chi connectivity index (χ0) is 24.2. The number of thiocarbonyl (C=S) groups is 1. The first-order valence-corrected chi connectivity index (χ1v) is 12.2. The average Bonchev–Trinajstić information content (AvgIpc) is 3.34. The molecule has 0 spiro atoms. The molecular weight excluding hydrogens is 444 g/mol. The Bertz CT molecular complexity index is 1160. The molecule has 7 heteroatoms. The molecule has 1 aromatic carbocycles. The van der Waals surface area contributed by atoms with E-state index in [0.29, 0.717) is 24.5 Å². The highest BCUT2D eigenvalue weighted by molar-refractivity contribution is 7.80. The molecule has 0 bridgehead atoms. The van der Waals surface area contributed by atoms with Crippen molar-refractivity contribution in [2.75, 3.05) is 13.7 Å². The summed E-state index contributed by atoms with van der Waals surface area (Å²) in [4.78, 5) is 18.5. The van der Waals surface area contributed by atoms with Crippen LogP contribution in [-0.2, 0) is 16.0 Å². The molecule has 34 heavy (non-hydrogen) atoms. The van der Waals surface area contributed by atoms with Gasteiger partial charge in [0.15, 0.2) is 5.11 Å². The molecule has 1 aliphatic heterocycles. The lowest BCUT2D eigenvalue weighted by atomic mass is 9.96. The predicted octanol–water partition coefficient (Wildman–Crippen LogP) is 4.98. The summed E-state index contributed by atoms with van der Waals surface area (Å²) in [6.07, 6.45) is 3.86. The first kappa shape index (κ1) is 24.0. The van der Waals surface area contributed by atoms with E-state index < -0.39 is 0 Å². The van der Waals surface area contributed by atoms with Crippen LogP contribution in [-0.4, -0.2) is 39.2 Å². The van der Waals surface area contributed by atoms with E-state index >= 15 is 0 Å². The smallest absolute Gasteiger partial charge is 0.305 e. The van der Waals surface area contributed by atoms with Crippen molar-refractivity contribution >= 4 is 23.3 Å². The van der Waals surface area contributed by atoms with Crippen molar-refractivity contribution in [1.29, 1.82) is 0 Å². The van der Waals surface area contributed by atoms with Crippen molar-refractivity contribution in [2.45, 2.75) is 52.1 Å². The number of pyridine rings is 1. The minimum Gasteiger partial charge on any atom is -0.469 e. The van der Waals surface area contributed by atoms with Crippen molar-refractivity contribution in [3.63, 3.8) is 0 Å². The number of nitrogens with one attached hydrogen (secondary N) is 1. The standard InChI is InChI=1S/C27H32N4O2S/c1-5-20-11-13-21(14-12-20)31-18(2)17-22(19(31)3)26-25(23-9-6-7-15-28-23)29-27(34)30(26)16-8-10-24(32)33-4/h6-7,9,11-15,17,25-26H,5,8,10,16H2,1-4H3,(H,29,34)/t25-,26-/m1/s1. The number of methoxy groups -OCH3 is 1. The summed E-state index contributed by atoms with van der Waals surface area (Å²) in [6, 6.07) is 16.9. The lowest BCUT2D eigenvalue weighted by Gasteiger charge is -2.28. The van der Waals surface area contributed by atoms with Gasteiger partial charge in [0, 0.05) is 36.2 Å². The number of nitrogens with zero attached hydrogens (tertiary/aromatic N) is 3. The Hall–Kier alpha value is -3.19. The van der Waals surface area contributed by atoms with Gasteiger partial charge < -0.3 is 19.5 Å². The van der Waals surface area contributed by atoms with Crippen LogP contribution >= 0.6 is 12.2 Å². The van der Waals surface area contributed by atoms with Crippen LogP contribution in [0.15, 0.2) is 54.7 Å². The number of rotatable bonds is 8. The van der Waals surface area contributed by atoms with Crippen LogP contribution in [0.2, 0.25) is 0 Å². The van der Waals surface area contributed by atoms with E-state index in [1.54, 1.807) is 0 Å². The second kappa shape index (κ2) is 10.4. The maximum absolute atomic E-state index is 11.7. The zero-order valence-electron chi connectivity index (χ0n) is 20.2. The fourth-order valence-corrected chi connectivity index (χ4v) is 5.18. The van der Waals surface area contributed by atoms with Gasteiger partial charge in [0.25, 0.3) is 0 Å². The summed E-state index contributed by atoms with van der Waals surface area (Å²) in [5, 5.41) is 4.18. The third kappa shape index (κ3) is 4.71. The molecule has 3 aromatic rings. The van der Waals surface area contributed by atoms with Gasteiger partial charge in [-0.25, -0.2) is 0 Å². The third-order valence-corrected chi connectivity index (χ3v) is 6.95. The number of aromatic nitrogens is 2. The van der Waals surface area contributed by atoms with Gasteiger partial charge in [-0.3, -0.25) is 9.78 Å². The zero-order valence-corrected chi connectivity index (χ0v) is 21.1. The van der Waals surface area contributed by atoms with Gasteiger partial charge in [-0.15, -0.1) is 0 Å². The van der Waals surface area contributed by atoms with Gasteiger partial charge in [-0.2, -0.15) is 0 Å².